The summed E-state index contributed by atoms with van der Waals surface area (Å²) in [6.45, 7) is 30.0. The van der Waals surface area contributed by atoms with Gasteiger partial charge in [0.15, 0.2) is 22.9 Å². The van der Waals surface area contributed by atoms with E-state index in [4.69, 9.17) is 0 Å². The molecule has 0 aromatic carbocycles. The summed E-state index contributed by atoms with van der Waals surface area (Å²) >= 11 is 0. The molecule has 12 heteroatoms. The topological polar surface area (TPSA) is 134 Å². The second-order valence-corrected chi connectivity index (χ2v) is 22.6. The average molecular weight is 847 g/mol. The molecule has 10 rings (SSSR count). The Balaban J connectivity index is 0.000000158. The third kappa shape index (κ3) is 6.64. The molecule has 0 spiro atoms. The number of hydroxylamine groups is 2. The molecule has 0 amide bonds. The Hall–Kier alpha value is -3.90. The van der Waals surface area contributed by atoms with E-state index in [0.29, 0.717) is 46.6 Å². The van der Waals surface area contributed by atoms with Gasteiger partial charge in [-0.25, -0.2) is 40.0 Å². The minimum absolute atomic E-state index is 0.254. The molecule has 2 N–H and O–H groups in total. The van der Waals surface area contributed by atoms with Crippen molar-refractivity contribution >= 4 is 34.0 Å². The maximum absolute atomic E-state index is 11.4. The standard InChI is InChI=1S/2C25H37N5O/c2*1-17-7-6-8-19-24(17,4)10-9-18(2)25(19,5)12-11-23(3)13-14-29-16-28-21-20(29)22(30(23)31)27-15-26-21/h2*15-16,18-19,31H,1,6-14H2,2-5H3/t18-,19+,23+,24+,25+;18-,19-,23+,24+,25+/m11/s1. The first kappa shape index (κ1) is 43.4. The predicted octanol–water partition coefficient (Wildman–Crippen LogP) is 11.5. The van der Waals surface area contributed by atoms with Gasteiger partial charge in [-0.05, 0) is 162 Å². The summed E-state index contributed by atoms with van der Waals surface area (Å²) < 4.78 is 4.18. The second-order valence-electron chi connectivity index (χ2n) is 22.6. The molecule has 336 valence electrons. The van der Waals surface area contributed by atoms with E-state index in [9.17, 15) is 10.4 Å². The van der Waals surface area contributed by atoms with Gasteiger partial charge in [-0.1, -0.05) is 65.8 Å². The van der Waals surface area contributed by atoms with Gasteiger partial charge in [0.1, 0.15) is 23.7 Å². The van der Waals surface area contributed by atoms with Crippen molar-refractivity contribution in [3.05, 3.63) is 49.6 Å². The molecule has 0 radical (unpaired) electrons. The Morgan fingerprint density at radius 1 is 0.565 bits per heavy atom. The fourth-order valence-corrected chi connectivity index (χ4v) is 14.2. The van der Waals surface area contributed by atoms with Crippen LogP contribution in [-0.2, 0) is 13.1 Å². The van der Waals surface area contributed by atoms with E-state index in [1.165, 1.54) is 98.1 Å². The van der Waals surface area contributed by atoms with E-state index in [1.807, 2.05) is 12.7 Å². The van der Waals surface area contributed by atoms with Crippen molar-refractivity contribution in [2.75, 3.05) is 10.1 Å². The summed E-state index contributed by atoms with van der Waals surface area (Å²) in [4.78, 5) is 26.2. The molecule has 2 aliphatic heterocycles. The van der Waals surface area contributed by atoms with Crippen LogP contribution in [0.15, 0.2) is 49.6 Å². The van der Waals surface area contributed by atoms with E-state index in [-0.39, 0.29) is 32.7 Å². The zero-order valence-electron chi connectivity index (χ0n) is 39.1. The summed E-state index contributed by atoms with van der Waals surface area (Å²) in [5.74, 6) is 3.88. The summed E-state index contributed by atoms with van der Waals surface area (Å²) in [6, 6.07) is 0. The van der Waals surface area contributed by atoms with E-state index >= 15 is 0 Å². The van der Waals surface area contributed by atoms with Crippen LogP contribution in [0, 0.1) is 45.3 Å². The molecule has 0 bridgehead atoms. The summed E-state index contributed by atoms with van der Waals surface area (Å²) in [5, 5.41) is 25.6. The van der Waals surface area contributed by atoms with Crippen LogP contribution in [0.25, 0.3) is 22.3 Å². The lowest BCUT2D eigenvalue weighted by Gasteiger charge is -2.59. The normalized spacial score (nSPS) is 38.2. The van der Waals surface area contributed by atoms with Gasteiger partial charge in [0.2, 0.25) is 0 Å². The highest BCUT2D eigenvalue weighted by Gasteiger charge is 2.56. The Labute approximate surface area is 369 Å². The van der Waals surface area contributed by atoms with Crippen LogP contribution in [0.3, 0.4) is 0 Å². The quantitative estimate of drug-likeness (QED) is 0.181. The Morgan fingerprint density at radius 3 is 1.37 bits per heavy atom. The van der Waals surface area contributed by atoms with E-state index < -0.39 is 0 Å². The number of nitrogens with zero attached hydrogens (tertiary/aromatic N) is 10. The highest BCUT2D eigenvalue weighted by Crippen LogP contribution is 2.64. The summed E-state index contributed by atoms with van der Waals surface area (Å²) in [7, 11) is 0. The monoisotopic (exact) mass is 847 g/mol. The van der Waals surface area contributed by atoms with Crippen LogP contribution >= 0.6 is 0 Å². The molecule has 4 saturated carbocycles. The van der Waals surface area contributed by atoms with Crippen molar-refractivity contribution in [2.45, 2.75) is 182 Å². The van der Waals surface area contributed by atoms with E-state index in [2.05, 4.69) is 108 Å². The maximum Gasteiger partial charge on any atom is 0.183 e. The average Bonchev–Trinajstić information content (AvgIpc) is 3.84. The number of rotatable bonds is 6. The first-order valence-electron chi connectivity index (χ1n) is 24.0. The molecule has 6 heterocycles. The van der Waals surface area contributed by atoms with Gasteiger partial charge in [-0.3, -0.25) is 10.4 Å². The van der Waals surface area contributed by atoms with Crippen LogP contribution < -0.4 is 10.1 Å². The van der Waals surface area contributed by atoms with Crippen molar-refractivity contribution in [2.24, 2.45) is 45.3 Å². The minimum atomic E-state index is -0.372. The lowest BCUT2D eigenvalue weighted by Crippen LogP contribution is -2.52. The smallest absolute Gasteiger partial charge is 0.183 e. The van der Waals surface area contributed by atoms with Gasteiger partial charge in [-0.2, -0.15) is 0 Å². The second kappa shape index (κ2) is 15.4. The molecule has 4 fully saturated rings. The number of fused-ring (bicyclic) bond motifs is 2. The van der Waals surface area contributed by atoms with Gasteiger partial charge in [-0.15, -0.1) is 0 Å². The van der Waals surface area contributed by atoms with Crippen LogP contribution in [-0.4, -0.2) is 60.5 Å². The number of aromatic nitrogens is 8. The van der Waals surface area contributed by atoms with Gasteiger partial charge in [0.25, 0.3) is 0 Å². The Kier molecular flexibility index (Phi) is 10.8. The molecule has 6 aliphatic rings. The van der Waals surface area contributed by atoms with Gasteiger partial charge in [0.05, 0.1) is 23.7 Å². The zero-order valence-corrected chi connectivity index (χ0v) is 39.1. The third-order valence-electron chi connectivity index (χ3n) is 19.5. The van der Waals surface area contributed by atoms with Crippen molar-refractivity contribution in [1.29, 1.82) is 0 Å². The van der Waals surface area contributed by atoms with Crippen molar-refractivity contribution < 1.29 is 10.4 Å². The fraction of sp³-hybridized carbons (Fsp3) is 0.720. The van der Waals surface area contributed by atoms with Crippen molar-refractivity contribution in [1.82, 2.24) is 39.0 Å². The molecular weight excluding hydrogens is 773 g/mol. The molecule has 0 unspecified atom stereocenters. The van der Waals surface area contributed by atoms with Crippen molar-refractivity contribution in [3.63, 3.8) is 0 Å². The number of anilines is 2. The molecule has 10 atom stereocenters. The maximum atomic E-state index is 11.4. The number of allylic oxidation sites excluding steroid dienone is 2. The number of hydrogen-bond donors (Lipinski definition) is 2. The SMILES string of the molecule is C=C1CCC[C@@H]2[C@@](C)(CC[C@@]3(C)CCn4cnc5ncnc(c54)N3O)[C@H](C)CC[C@@]12C.C=C1CCC[C@H]2[C@@](C)(CC[C@@]3(C)CCn4cnc5ncnc(c54)N3O)[C@H](C)CC[C@@]12C. The van der Waals surface area contributed by atoms with Crippen LogP contribution in [0.2, 0.25) is 0 Å². The molecule has 4 aromatic rings. The molecule has 4 aliphatic carbocycles. The fourth-order valence-electron chi connectivity index (χ4n) is 14.2. The third-order valence-corrected chi connectivity index (χ3v) is 19.5. The van der Waals surface area contributed by atoms with Gasteiger partial charge in [0, 0.05) is 13.1 Å². The summed E-state index contributed by atoms with van der Waals surface area (Å²) in [5.41, 5.74) is 6.22. The van der Waals surface area contributed by atoms with Crippen LogP contribution in [0.1, 0.15) is 158 Å². The Morgan fingerprint density at radius 2 is 0.968 bits per heavy atom. The molecular formula is C50H74N10O2. The van der Waals surface area contributed by atoms with E-state index in [1.54, 1.807) is 0 Å². The molecule has 62 heavy (non-hydrogen) atoms. The highest BCUT2D eigenvalue weighted by molar-refractivity contribution is 5.84. The van der Waals surface area contributed by atoms with Crippen molar-refractivity contribution in [3.8, 4) is 0 Å². The lowest BCUT2D eigenvalue weighted by atomic mass is 9.46. The van der Waals surface area contributed by atoms with E-state index in [0.717, 1.165) is 62.6 Å². The zero-order chi connectivity index (χ0) is 44.0. The van der Waals surface area contributed by atoms with Gasteiger partial charge < -0.3 is 9.13 Å². The lowest BCUT2D eigenvalue weighted by molar-refractivity contribution is -0.0605. The molecule has 0 saturated heterocycles. The molecule has 4 aromatic heterocycles. The largest absolute Gasteiger partial charge is 0.326 e. The first-order chi connectivity index (χ1) is 29.4. The minimum Gasteiger partial charge on any atom is -0.326 e. The van der Waals surface area contributed by atoms with Crippen LogP contribution in [0.5, 0.6) is 0 Å². The van der Waals surface area contributed by atoms with Gasteiger partial charge >= 0.3 is 0 Å². The Bertz CT molecular complexity index is 2200. The summed E-state index contributed by atoms with van der Waals surface area (Å²) in [6.07, 6.45) is 25.1. The van der Waals surface area contributed by atoms with Crippen LogP contribution in [0.4, 0.5) is 11.6 Å². The first-order valence-corrected chi connectivity index (χ1v) is 24.0. The number of hydrogen-bond acceptors (Lipinski definition) is 10. The number of aryl methyl sites for hydroxylation is 2. The number of imidazole rings is 2. The predicted molar refractivity (Wildman–Crippen MR) is 246 cm³/mol. The highest BCUT2D eigenvalue weighted by atomic mass is 16.5. The molecule has 12 nitrogen and oxygen atoms in total.